The standard InChI is InChI=1S/C9H14N2OS/c1-6-10-11-8(13-6)5-7(12)9(2,3)4/h5H2,1-4H3. The third-order valence-corrected chi connectivity index (χ3v) is 2.55. The number of carbonyl (C=O) groups excluding carboxylic acids is 1. The molecule has 13 heavy (non-hydrogen) atoms. The van der Waals surface area contributed by atoms with E-state index in [1.807, 2.05) is 27.7 Å². The smallest absolute Gasteiger partial charge is 0.145 e. The highest BCUT2D eigenvalue weighted by Crippen LogP contribution is 2.19. The Labute approximate surface area is 82.2 Å². The molecular weight excluding hydrogens is 184 g/mol. The molecule has 0 N–H and O–H groups in total. The monoisotopic (exact) mass is 198 g/mol. The normalized spacial score (nSPS) is 11.7. The summed E-state index contributed by atoms with van der Waals surface area (Å²) in [6.07, 6.45) is 0.412. The van der Waals surface area contributed by atoms with Crippen molar-refractivity contribution in [2.24, 2.45) is 5.41 Å². The number of carbonyl (C=O) groups is 1. The quantitative estimate of drug-likeness (QED) is 0.730. The molecule has 0 saturated heterocycles. The first-order valence-electron chi connectivity index (χ1n) is 4.22. The Bertz CT molecular complexity index is 312. The molecule has 1 heterocycles. The predicted octanol–water partition coefficient (Wildman–Crippen LogP) is 2.00. The average Bonchev–Trinajstić information content (AvgIpc) is 2.33. The van der Waals surface area contributed by atoms with E-state index in [1.54, 1.807) is 0 Å². The van der Waals surface area contributed by atoms with Gasteiger partial charge >= 0.3 is 0 Å². The van der Waals surface area contributed by atoms with E-state index in [0.717, 1.165) is 10.0 Å². The Morgan fingerprint density at radius 2 is 2.00 bits per heavy atom. The molecule has 3 nitrogen and oxygen atoms in total. The molecule has 0 fully saturated rings. The van der Waals surface area contributed by atoms with Gasteiger partial charge in [0.05, 0.1) is 6.42 Å². The maximum Gasteiger partial charge on any atom is 0.145 e. The molecule has 1 rings (SSSR count). The molecule has 0 aromatic carbocycles. The van der Waals surface area contributed by atoms with Crippen molar-refractivity contribution in [3.63, 3.8) is 0 Å². The minimum Gasteiger partial charge on any atom is -0.299 e. The van der Waals surface area contributed by atoms with Gasteiger partial charge in [-0.3, -0.25) is 4.79 Å². The molecule has 1 aromatic heterocycles. The molecule has 0 aliphatic rings. The summed E-state index contributed by atoms with van der Waals surface area (Å²) in [5.74, 6) is 0.212. The van der Waals surface area contributed by atoms with Crippen LogP contribution in [0.15, 0.2) is 0 Å². The van der Waals surface area contributed by atoms with Gasteiger partial charge in [-0.2, -0.15) is 0 Å². The van der Waals surface area contributed by atoms with Gasteiger partial charge in [0, 0.05) is 5.41 Å². The lowest BCUT2D eigenvalue weighted by atomic mass is 9.89. The summed E-state index contributed by atoms with van der Waals surface area (Å²) >= 11 is 1.49. The predicted molar refractivity (Wildman–Crippen MR) is 52.8 cm³/mol. The first kappa shape index (κ1) is 10.3. The Morgan fingerprint density at radius 1 is 1.38 bits per heavy atom. The summed E-state index contributed by atoms with van der Waals surface area (Å²) in [5, 5.41) is 9.52. The summed E-state index contributed by atoms with van der Waals surface area (Å²) in [6.45, 7) is 7.65. The van der Waals surface area contributed by atoms with E-state index in [2.05, 4.69) is 10.2 Å². The number of nitrogens with zero attached hydrogens (tertiary/aromatic N) is 2. The van der Waals surface area contributed by atoms with E-state index in [9.17, 15) is 4.79 Å². The van der Waals surface area contributed by atoms with Crippen molar-refractivity contribution in [1.82, 2.24) is 10.2 Å². The van der Waals surface area contributed by atoms with Crippen LogP contribution in [0, 0.1) is 12.3 Å². The molecule has 72 valence electrons. The van der Waals surface area contributed by atoms with Crippen molar-refractivity contribution in [2.75, 3.05) is 0 Å². The minimum absolute atomic E-state index is 0.212. The van der Waals surface area contributed by atoms with E-state index in [1.165, 1.54) is 11.3 Å². The number of aryl methyl sites for hydroxylation is 1. The maximum atomic E-state index is 11.6. The zero-order chi connectivity index (χ0) is 10.1. The van der Waals surface area contributed by atoms with Gasteiger partial charge in [0.2, 0.25) is 0 Å². The highest BCUT2D eigenvalue weighted by atomic mass is 32.1. The molecule has 0 saturated carbocycles. The lowest BCUT2D eigenvalue weighted by Gasteiger charge is -2.14. The third kappa shape index (κ3) is 2.88. The van der Waals surface area contributed by atoms with E-state index >= 15 is 0 Å². The second-order valence-electron chi connectivity index (χ2n) is 4.06. The Morgan fingerprint density at radius 3 is 2.38 bits per heavy atom. The minimum atomic E-state index is -0.278. The van der Waals surface area contributed by atoms with Crippen LogP contribution < -0.4 is 0 Å². The van der Waals surface area contributed by atoms with Gasteiger partial charge in [0.1, 0.15) is 15.8 Å². The first-order valence-corrected chi connectivity index (χ1v) is 5.03. The van der Waals surface area contributed by atoms with Crippen molar-refractivity contribution < 1.29 is 4.79 Å². The van der Waals surface area contributed by atoms with Gasteiger partial charge in [-0.25, -0.2) is 0 Å². The second kappa shape index (κ2) is 3.54. The van der Waals surface area contributed by atoms with Gasteiger partial charge in [-0.05, 0) is 6.92 Å². The van der Waals surface area contributed by atoms with E-state index in [4.69, 9.17) is 0 Å². The van der Waals surface area contributed by atoms with Crippen LogP contribution >= 0.6 is 11.3 Å². The molecule has 0 unspecified atom stereocenters. The summed E-state index contributed by atoms with van der Waals surface area (Å²) in [5.41, 5.74) is -0.278. The molecule has 0 amide bonds. The molecule has 4 heteroatoms. The number of rotatable bonds is 2. The van der Waals surface area contributed by atoms with Gasteiger partial charge in [-0.15, -0.1) is 21.5 Å². The Kier molecular flexibility index (Phi) is 2.81. The maximum absolute atomic E-state index is 11.6. The van der Waals surface area contributed by atoms with Crippen LogP contribution in [-0.4, -0.2) is 16.0 Å². The summed E-state index contributed by atoms with van der Waals surface area (Å²) in [7, 11) is 0. The third-order valence-electron chi connectivity index (χ3n) is 1.72. The molecule has 1 aromatic rings. The molecule has 0 aliphatic heterocycles. The summed E-state index contributed by atoms with van der Waals surface area (Å²) in [4.78, 5) is 11.6. The lowest BCUT2D eigenvalue weighted by molar-refractivity contribution is -0.125. The van der Waals surface area contributed by atoms with Crippen LogP contribution in [0.25, 0.3) is 0 Å². The van der Waals surface area contributed by atoms with Crippen LogP contribution in [0.3, 0.4) is 0 Å². The fourth-order valence-corrected chi connectivity index (χ4v) is 1.52. The molecular formula is C9H14N2OS. The SMILES string of the molecule is Cc1nnc(CC(=O)C(C)(C)C)s1. The van der Waals surface area contributed by atoms with Crippen LogP contribution in [0.4, 0.5) is 0 Å². The van der Waals surface area contributed by atoms with Crippen LogP contribution in [0.2, 0.25) is 0 Å². The zero-order valence-electron chi connectivity index (χ0n) is 8.42. The first-order chi connectivity index (χ1) is 5.89. The molecule has 0 bridgehead atoms. The topological polar surface area (TPSA) is 42.9 Å². The van der Waals surface area contributed by atoms with Crippen molar-refractivity contribution in [2.45, 2.75) is 34.1 Å². The Balaban J connectivity index is 2.65. The summed E-state index contributed by atoms with van der Waals surface area (Å²) in [6, 6.07) is 0. The number of hydrogen-bond donors (Lipinski definition) is 0. The van der Waals surface area contributed by atoms with Crippen LogP contribution in [0.5, 0.6) is 0 Å². The molecule has 0 aliphatic carbocycles. The molecule has 0 atom stereocenters. The van der Waals surface area contributed by atoms with E-state index in [0.29, 0.717) is 6.42 Å². The van der Waals surface area contributed by atoms with Gasteiger partial charge < -0.3 is 0 Å². The number of Topliss-reactive ketones (excluding diaryl/α,β-unsaturated/α-hetero) is 1. The lowest BCUT2D eigenvalue weighted by Crippen LogP contribution is -2.21. The fourth-order valence-electron chi connectivity index (χ4n) is 0.811. The molecule has 0 radical (unpaired) electrons. The van der Waals surface area contributed by atoms with E-state index < -0.39 is 0 Å². The highest BCUT2D eigenvalue weighted by molar-refractivity contribution is 7.11. The van der Waals surface area contributed by atoms with E-state index in [-0.39, 0.29) is 11.2 Å². The van der Waals surface area contributed by atoms with Gasteiger partial charge in [0.15, 0.2) is 0 Å². The van der Waals surface area contributed by atoms with Crippen LogP contribution in [0.1, 0.15) is 30.8 Å². The summed E-state index contributed by atoms with van der Waals surface area (Å²) < 4.78 is 0. The molecule has 0 spiro atoms. The zero-order valence-corrected chi connectivity index (χ0v) is 9.23. The second-order valence-corrected chi connectivity index (χ2v) is 5.33. The van der Waals surface area contributed by atoms with Crippen molar-refractivity contribution in [3.8, 4) is 0 Å². The van der Waals surface area contributed by atoms with Crippen molar-refractivity contribution in [3.05, 3.63) is 10.0 Å². The number of aromatic nitrogens is 2. The Hall–Kier alpha value is -0.770. The van der Waals surface area contributed by atoms with Gasteiger partial charge in [-0.1, -0.05) is 20.8 Å². The van der Waals surface area contributed by atoms with Crippen molar-refractivity contribution >= 4 is 17.1 Å². The van der Waals surface area contributed by atoms with Crippen molar-refractivity contribution in [1.29, 1.82) is 0 Å². The fraction of sp³-hybridized carbons (Fsp3) is 0.667. The number of hydrogen-bond acceptors (Lipinski definition) is 4. The average molecular weight is 198 g/mol. The number of ketones is 1. The van der Waals surface area contributed by atoms with Gasteiger partial charge in [0.25, 0.3) is 0 Å². The highest BCUT2D eigenvalue weighted by Gasteiger charge is 2.22. The largest absolute Gasteiger partial charge is 0.299 e. The van der Waals surface area contributed by atoms with Crippen LogP contribution in [-0.2, 0) is 11.2 Å².